The van der Waals surface area contributed by atoms with Crippen LogP contribution in [0.1, 0.15) is 4.88 Å². The van der Waals surface area contributed by atoms with E-state index in [0.29, 0.717) is 6.04 Å². The van der Waals surface area contributed by atoms with Crippen LogP contribution in [0.15, 0.2) is 15.9 Å². The van der Waals surface area contributed by atoms with E-state index in [1.54, 1.807) is 18.4 Å². The molecule has 1 unspecified atom stereocenters. The molecule has 0 amide bonds. The molecule has 4 heteroatoms. The molecule has 1 atom stereocenters. The first kappa shape index (κ1) is 11.2. The molecule has 1 aromatic heterocycles. The van der Waals surface area contributed by atoms with Crippen LogP contribution >= 0.6 is 27.3 Å². The highest BCUT2D eigenvalue weighted by Gasteiger charge is 2.09. The quantitative estimate of drug-likeness (QED) is 0.881. The highest BCUT2D eigenvalue weighted by atomic mass is 79.9. The van der Waals surface area contributed by atoms with Crippen LogP contribution in [0, 0.1) is 0 Å². The Labute approximate surface area is 91.4 Å². The molecule has 1 N–H and O–H groups in total. The average molecular weight is 264 g/mol. The van der Waals surface area contributed by atoms with E-state index >= 15 is 0 Å². The van der Waals surface area contributed by atoms with Gasteiger partial charge < -0.3 is 10.1 Å². The molecular weight excluding hydrogens is 250 g/mol. The number of hydrogen-bond acceptors (Lipinski definition) is 3. The number of hydrogen-bond donors (Lipinski definition) is 1. The molecule has 0 radical (unpaired) electrons. The van der Waals surface area contributed by atoms with Crippen LogP contribution in [0.2, 0.25) is 0 Å². The molecule has 1 aromatic rings. The summed E-state index contributed by atoms with van der Waals surface area (Å²) in [4.78, 5) is 1.37. The highest BCUT2D eigenvalue weighted by molar-refractivity contribution is 9.10. The Bertz CT molecular complexity index is 252. The Morgan fingerprint density at radius 1 is 1.69 bits per heavy atom. The van der Waals surface area contributed by atoms with Gasteiger partial charge in [-0.05, 0) is 34.4 Å². The monoisotopic (exact) mass is 263 g/mol. The molecule has 74 valence electrons. The minimum atomic E-state index is 0.403. The molecule has 1 rings (SSSR count). The van der Waals surface area contributed by atoms with Crippen LogP contribution < -0.4 is 5.32 Å². The van der Waals surface area contributed by atoms with E-state index in [-0.39, 0.29) is 0 Å². The minimum Gasteiger partial charge on any atom is -0.383 e. The normalized spacial score (nSPS) is 13.2. The smallest absolute Gasteiger partial charge is 0.0619 e. The Morgan fingerprint density at radius 3 is 2.92 bits per heavy atom. The number of halogens is 1. The molecule has 1 heterocycles. The van der Waals surface area contributed by atoms with Gasteiger partial charge in [0.05, 0.1) is 6.61 Å². The van der Waals surface area contributed by atoms with Crippen LogP contribution in [0.25, 0.3) is 0 Å². The fourth-order valence-corrected chi connectivity index (χ4v) is 2.74. The van der Waals surface area contributed by atoms with E-state index < -0.39 is 0 Å². The molecule has 0 saturated carbocycles. The number of thiophene rings is 1. The maximum atomic E-state index is 5.11. The van der Waals surface area contributed by atoms with E-state index in [4.69, 9.17) is 4.74 Å². The SMILES string of the molecule is CNC(COC)Cc1sccc1Br. The summed E-state index contributed by atoms with van der Waals surface area (Å²) in [5, 5.41) is 5.33. The Hall–Kier alpha value is 0.100. The molecule has 0 fully saturated rings. The predicted molar refractivity (Wildman–Crippen MR) is 60.4 cm³/mol. The number of methoxy groups -OCH3 is 1. The second-order valence-electron chi connectivity index (χ2n) is 2.84. The maximum Gasteiger partial charge on any atom is 0.0619 e. The number of rotatable bonds is 5. The summed E-state index contributed by atoms with van der Waals surface area (Å²) in [6, 6.07) is 2.49. The van der Waals surface area contributed by atoms with Crippen molar-refractivity contribution in [3.05, 3.63) is 20.8 Å². The number of likely N-dealkylation sites (N-methyl/N-ethyl adjacent to an activating group) is 1. The Kier molecular flexibility index (Phi) is 4.94. The molecule has 0 saturated heterocycles. The van der Waals surface area contributed by atoms with Crippen molar-refractivity contribution in [3.8, 4) is 0 Å². The molecule has 0 aliphatic heterocycles. The predicted octanol–water partition coefficient (Wildman–Crippen LogP) is 2.29. The van der Waals surface area contributed by atoms with Crippen molar-refractivity contribution >= 4 is 27.3 Å². The van der Waals surface area contributed by atoms with Crippen molar-refractivity contribution in [2.75, 3.05) is 20.8 Å². The molecular formula is C9H14BrNOS. The zero-order chi connectivity index (χ0) is 9.68. The van der Waals surface area contributed by atoms with Gasteiger partial charge in [0.25, 0.3) is 0 Å². The van der Waals surface area contributed by atoms with Crippen LogP contribution in [0.3, 0.4) is 0 Å². The summed E-state index contributed by atoms with van der Waals surface area (Å²) in [5.74, 6) is 0. The van der Waals surface area contributed by atoms with Gasteiger partial charge in [0.1, 0.15) is 0 Å². The van der Waals surface area contributed by atoms with Crippen molar-refractivity contribution in [1.29, 1.82) is 0 Å². The van der Waals surface area contributed by atoms with E-state index in [1.807, 2.05) is 7.05 Å². The lowest BCUT2D eigenvalue weighted by atomic mass is 10.2. The van der Waals surface area contributed by atoms with Gasteiger partial charge in [-0.3, -0.25) is 0 Å². The molecule has 0 aromatic carbocycles. The first-order valence-electron chi connectivity index (χ1n) is 4.16. The van der Waals surface area contributed by atoms with E-state index in [0.717, 1.165) is 13.0 Å². The molecule has 0 aliphatic rings. The third-order valence-corrected chi connectivity index (χ3v) is 3.85. The van der Waals surface area contributed by atoms with Crippen LogP contribution in [0.4, 0.5) is 0 Å². The summed E-state index contributed by atoms with van der Waals surface area (Å²) in [6.07, 6.45) is 1.02. The van der Waals surface area contributed by atoms with E-state index in [2.05, 4.69) is 32.7 Å². The van der Waals surface area contributed by atoms with Crippen LogP contribution in [0.5, 0.6) is 0 Å². The van der Waals surface area contributed by atoms with Crippen molar-refractivity contribution in [3.63, 3.8) is 0 Å². The highest BCUT2D eigenvalue weighted by Crippen LogP contribution is 2.23. The van der Waals surface area contributed by atoms with Gasteiger partial charge in [-0.1, -0.05) is 0 Å². The lowest BCUT2D eigenvalue weighted by Gasteiger charge is -2.13. The number of ether oxygens (including phenoxy) is 1. The summed E-state index contributed by atoms with van der Waals surface area (Å²) in [6.45, 7) is 0.751. The van der Waals surface area contributed by atoms with Gasteiger partial charge in [0.15, 0.2) is 0 Å². The zero-order valence-corrected chi connectivity index (χ0v) is 10.2. The van der Waals surface area contributed by atoms with Crippen molar-refractivity contribution in [1.82, 2.24) is 5.32 Å². The Morgan fingerprint density at radius 2 is 2.46 bits per heavy atom. The summed E-state index contributed by atoms with van der Waals surface area (Å²) in [5.41, 5.74) is 0. The van der Waals surface area contributed by atoms with Gasteiger partial charge >= 0.3 is 0 Å². The first-order valence-corrected chi connectivity index (χ1v) is 5.83. The van der Waals surface area contributed by atoms with E-state index in [9.17, 15) is 0 Å². The van der Waals surface area contributed by atoms with Crippen molar-refractivity contribution < 1.29 is 4.74 Å². The van der Waals surface area contributed by atoms with Gasteiger partial charge in [0.2, 0.25) is 0 Å². The summed E-state index contributed by atoms with van der Waals surface area (Å²) < 4.78 is 6.31. The molecule has 0 spiro atoms. The summed E-state index contributed by atoms with van der Waals surface area (Å²) >= 11 is 5.29. The third-order valence-electron chi connectivity index (χ3n) is 1.90. The van der Waals surface area contributed by atoms with Crippen molar-refractivity contribution in [2.45, 2.75) is 12.5 Å². The first-order chi connectivity index (χ1) is 6.27. The van der Waals surface area contributed by atoms with Crippen LogP contribution in [-0.2, 0) is 11.2 Å². The van der Waals surface area contributed by atoms with Gasteiger partial charge in [-0.15, -0.1) is 11.3 Å². The van der Waals surface area contributed by atoms with E-state index in [1.165, 1.54) is 9.35 Å². The molecule has 13 heavy (non-hydrogen) atoms. The fourth-order valence-electron chi connectivity index (χ4n) is 1.14. The molecule has 0 bridgehead atoms. The minimum absolute atomic E-state index is 0.403. The number of nitrogens with one attached hydrogen (secondary N) is 1. The lowest BCUT2D eigenvalue weighted by molar-refractivity contribution is 0.169. The average Bonchev–Trinajstić information content (AvgIpc) is 2.51. The summed E-state index contributed by atoms with van der Waals surface area (Å²) in [7, 11) is 3.69. The fraction of sp³-hybridized carbons (Fsp3) is 0.556. The third kappa shape index (κ3) is 3.38. The van der Waals surface area contributed by atoms with Gasteiger partial charge in [0, 0.05) is 28.9 Å². The van der Waals surface area contributed by atoms with Gasteiger partial charge in [-0.2, -0.15) is 0 Å². The zero-order valence-electron chi connectivity index (χ0n) is 7.84. The van der Waals surface area contributed by atoms with Crippen molar-refractivity contribution in [2.24, 2.45) is 0 Å². The second-order valence-corrected chi connectivity index (χ2v) is 4.69. The van der Waals surface area contributed by atoms with Crippen LogP contribution in [-0.4, -0.2) is 26.8 Å². The lowest BCUT2D eigenvalue weighted by Crippen LogP contribution is -2.31. The largest absolute Gasteiger partial charge is 0.383 e. The topological polar surface area (TPSA) is 21.3 Å². The Balaban J connectivity index is 2.51. The second kappa shape index (κ2) is 5.75. The molecule has 0 aliphatic carbocycles. The standard InChI is InChI=1S/C9H14BrNOS/c1-11-7(6-12-2)5-9-8(10)3-4-13-9/h3-4,7,11H,5-6H2,1-2H3. The molecule has 2 nitrogen and oxygen atoms in total. The van der Waals surface area contributed by atoms with Gasteiger partial charge in [-0.25, -0.2) is 0 Å². The maximum absolute atomic E-state index is 5.11.